The van der Waals surface area contributed by atoms with Gasteiger partial charge in [0.1, 0.15) is 5.76 Å². The van der Waals surface area contributed by atoms with E-state index in [9.17, 15) is 0 Å². The van der Waals surface area contributed by atoms with E-state index in [2.05, 4.69) is 17.2 Å². The van der Waals surface area contributed by atoms with Gasteiger partial charge in [0.05, 0.1) is 12.2 Å². The van der Waals surface area contributed by atoms with Crippen molar-refractivity contribution >= 4 is 0 Å². The van der Waals surface area contributed by atoms with Gasteiger partial charge in [0.15, 0.2) is 0 Å². The molecule has 0 spiro atoms. The molecule has 1 unspecified atom stereocenters. The van der Waals surface area contributed by atoms with Gasteiger partial charge in [0.25, 0.3) is 0 Å². The molecule has 1 rings (SSSR count). The van der Waals surface area contributed by atoms with Crippen molar-refractivity contribution in [1.29, 1.82) is 0 Å². The van der Waals surface area contributed by atoms with Crippen LogP contribution in [0.3, 0.4) is 0 Å². The molecule has 2 N–H and O–H groups in total. The van der Waals surface area contributed by atoms with Crippen molar-refractivity contribution in [3.8, 4) is 0 Å². The lowest BCUT2D eigenvalue weighted by atomic mass is 10.0. The fourth-order valence-corrected chi connectivity index (χ4v) is 1.63. The Morgan fingerprint density at radius 1 is 1.44 bits per heavy atom. The van der Waals surface area contributed by atoms with Gasteiger partial charge in [-0.1, -0.05) is 13.3 Å². The second kappa shape index (κ2) is 6.66. The van der Waals surface area contributed by atoms with Crippen molar-refractivity contribution in [3.05, 3.63) is 17.3 Å². The first-order valence-electron chi connectivity index (χ1n) is 5.91. The maximum atomic E-state index is 8.87. The van der Waals surface area contributed by atoms with Gasteiger partial charge >= 0.3 is 0 Å². The van der Waals surface area contributed by atoms with Crippen molar-refractivity contribution in [2.75, 3.05) is 13.2 Å². The summed E-state index contributed by atoms with van der Waals surface area (Å²) >= 11 is 0. The lowest BCUT2D eigenvalue weighted by molar-refractivity contribution is 0.250. The highest BCUT2D eigenvalue weighted by atomic mass is 16.4. The third-order valence-electron chi connectivity index (χ3n) is 2.90. The molecule has 0 saturated heterocycles. The summed E-state index contributed by atoms with van der Waals surface area (Å²) in [6.45, 7) is 7.84. The molecule has 1 aromatic heterocycles. The largest absolute Gasteiger partial charge is 0.444 e. The Hall–Kier alpha value is -0.870. The van der Waals surface area contributed by atoms with Gasteiger partial charge in [-0.05, 0) is 32.7 Å². The predicted octanol–water partition coefficient (Wildman–Crippen LogP) is 1.79. The van der Waals surface area contributed by atoms with E-state index in [0.717, 1.165) is 36.7 Å². The van der Waals surface area contributed by atoms with E-state index in [0.29, 0.717) is 12.5 Å². The quantitative estimate of drug-likeness (QED) is 0.744. The molecule has 1 heterocycles. The van der Waals surface area contributed by atoms with E-state index in [4.69, 9.17) is 9.52 Å². The number of aliphatic hydroxyl groups excluding tert-OH is 1. The van der Waals surface area contributed by atoms with Crippen molar-refractivity contribution in [1.82, 2.24) is 10.3 Å². The summed E-state index contributed by atoms with van der Waals surface area (Å²) in [6.07, 6.45) is 1.93. The lowest BCUT2D eigenvalue weighted by Gasteiger charge is -2.13. The highest BCUT2D eigenvalue weighted by Gasteiger charge is 2.07. The van der Waals surface area contributed by atoms with E-state index in [1.54, 1.807) is 0 Å². The molecule has 0 aliphatic rings. The normalized spacial score (nSPS) is 13.0. The Kier molecular flexibility index (Phi) is 5.49. The molecule has 1 aromatic rings. The van der Waals surface area contributed by atoms with Crippen LogP contribution in [-0.2, 0) is 6.54 Å². The number of hydrogen-bond acceptors (Lipinski definition) is 4. The smallest absolute Gasteiger partial charge is 0.208 e. The fourth-order valence-electron chi connectivity index (χ4n) is 1.63. The molecular weight excluding hydrogens is 204 g/mol. The summed E-state index contributed by atoms with van der Waals surface area (Å²) in [6, 6.07) is 0. The van der Waals surface area contributed by atoms with Gasteiger partial charge in [0.2, 0.25) is 5.89 Å². The third-order valence-corrected chi connectivity index (χ3v) is 2.90. The van der Waals surface area contributed by atoms with E-state index in [-0.39, 0.29) is 6.61 Å². The third kappa shape index (κ3) is 3.94. The molecule has 0 amide bonds. The fraction of sp³-hybridized carbons (Fsp3) is 0.750. The van der Waals surface area contributed by atoms with Crippen LogP contribution in [0.4, 0.5) is 0 Å². The summed E-state index contributed by atoms with van der Waals surface area (Å²) < 4.78 is 5.47. The van der Waals surface area contributed by atoms with Crippen LogP contribution in [0.1, 0.15) is 37.1 Å². The zero-order valence-corrected chi connectivity index (χ0v) is 10.4. The Morgan fingerprint density at radius 3 is 2.69 bits per heavy atom. The highest BCUT2D eigenvalue weighted by molar-refractivity contribution is 5.05. The molecule has 1 atom stereocenters. The van der Waals surface area contributed by atoms with Crippen molar-refractivity contribution in [3.63, 3.8) is 0 Å². The van der Waals surface area contributed by atoms with Crippen LogP contribution in [0.5, 0.6) is 0 Å². The van der Waals surface area contributed by atoms with Gasteiger partial charge < -0.3 is 14.8 Å². The molecule has 0 saturated carbocycles. The molecule has 0 aromatic carbocycles. The molecule has 4 nitrogen and oxygen atoms in total. The zero-order chi connectivity index (χ0) is 12.0. The number of rotatable bonds is 7. The Morgan fingerprint density at radius 2 is 2.19 bits per heavy atom. The monoisotopic (exact) mass is 226 g/mol. The number of nitrogens with zero attached hydrogens (tertiary/aromatic N) is 1. The number of aryl methyl sites for hydroxylation is 2. The standard InChI is InChI=1S/C12H22N2O2/c1-4-11(5-6-15)7-13-8-12-14-9(2)10(3)16-12/h11,13,15H,4-8H2,1-3H3. The number of oxazole rings is 1. The molecule has 4 heteroatoms. The van der Waals surface area contributed by atoms with Crippen molar-refractivity contribution < 1.29 is 9.52 Å². The summed E-state index contributed by atoms with van der Waals surface area (Å²) in [5, 5.41) is 12.2. The lowest BCUT2D eigenvalue weighted by Crippen LogP contribution is -2.23. The summed E-state index contributed by atoms with van der Waals surface area (Å²) in [4.78, 5) is 4.30. The molecule has 0 bridgehead atoms. The number of hydrogen-bond donors (Lipinski definition) is 2. The van der Waals surface area contributed by atoms with E-state index in [1.807, 2.05) is 13.8 Å². The second-order valence-corrected chi connectivity index (χ2v) is 4.17. The molecule has 16 heavy (non-hydrogen) atoms. The minimum absolute atomic E-state index is 0.261. The van der Waals surface area contributed by atoms with Crippen LogP contribution in [0.15, 0.2) is 4.42 Å². The SMILES string of the molecule is CCC(CCO)CNCc1nc(C)c(C)o1. The minimum Gasteiger partial charge on any atom is -0.444 e. The predicted molar refractivity (Wildman–Crippen MR) is 63.2 cm³/mol. The average Bonchev–Trinajstić information content (AvgIpc) is 2.57. The highest BCUT2D eigenvalue weighted by Crippen LogP contribution is 2.09. The summed E-state index contributed by atoms with van der Waals surface area (Å²) in [7, 11) is 0. The van der Waals surface area contributed by atoms with Crippen LogP contribution in [-0.4, -0.2) is 23.2 Å². The molecule has 0 radical (unpaired) electrons. The number of aliphatic hydroxyl groups is 1. The number of aromatic nitrogens is 1. The van der Waals surface area contributed by atoms with Crippen LogP contribution in [0, 0.1) is 19.8 Å². The minimum atomic E-state index is 0.261. The topological polar surface area (TPSA) is 58.3 Å². The second-order valence-electron chi connectivity index (χ2n) is 4.17. The first kappa shape index (κ1) is 13.2. The van der Waals surface area contributed by atoms with Crippen molar-refractivity contribution in [2.45, 2.75) is 40.2 Å². The van der Waals surface area contributed by atoms with E-state index in [1.165, 1.54) is 0 Å². The van der Waals surface area contributed by atoms with Gasteiger partial charge in [-0.2, -0.15) is 0 Å². The molecular formula is C12H22N2O2. The van der Waals surface area contributed by atoms with Gasteiger partial charge in [-0.25, -0.2) is 4.98 Å². The van der Waals surface area contributed by atoms with E-state index >= 15 is 0 Å². The molecule has 0 aliphatic carbocycles. The first-order chi connectivity index (χ1) is 7.67. The van der Waals surface area contributed by atoms with E-state index < -0.39 is 0 Å². The Bertz CT molecular complexity index is 290. The summed E-state index contributed by atoms with van der Waals surface area (Å²) in [5.41, 5.74) is 0.958. The van der Waals surface area contributed by atoms with Crippen LogP contribution < -0.4 is 5.32 Å². The van der Waals surface area contributed by atoms with Gasteiger partial charge in [-0.3, -0.25) is 0 Å². The van der Waals surface area contributed by atoms with Crippen LogP contribution >= 0.6 is 0 Å². The van der Waals surface area contributed by atoms with Crippen molar-refractivity contribution in [2.24, 2.45) is 5.92 Å². The molecule has 0 fully saturated rings. The van der Waals surface area contributed by atoms with Crippen LogP contribution in [0.2, 0.25) is 0 Å². The zero-order valence-electron chi connectivity index (χ0n) is 10.4. The van der Waals surface area contributed by atoms with Gasteiger partial charge in [0, 0.05) is 6.61 Å². The summed E-state index contributed by atoms with van der Waals surface area (Å²) in [5.74, 6) is 2.16. The molecule has 0 aliphatic heterocycles. The first-order valence-corrected chi connectivity index (χ1v) is 5.91. The Labute approximate surface area is 97.1 Å². The molecule has 92 valence electrons. The maximum absolute atomic E-state index is 8.87. The average molecular weight is 226 g/mol. The number of nitrogens with one attached hydrogen (secondary N) is 1. The van der Waals surface area contributed by atoms with Gasteiger partial charge in [-0.15, -0.1) is 0 Å². The van der Waals surface area contributed by atoms with Crippen LogP contribution in [0.25, 0.3) is 0 Å². The maximum Gasteiger partial charge on any atom is 0.208 e. The Balaban J connectivity index is 2.29.